The van der Waals surface area contributed by atoms with E-state index in [4.69, 9.17) is 10.3 Å². The van der Waals surface area contributed by atoms with Crippen LogP contribution < -0.4 is 5.73 Å². The quantitative estimate of drug-likeness (QED) is 0.877. The van der Waals surface area contributed by atoms with Gasteiger partial charge in [0.25, 0.3) is 0 Å². The fraction of sp³-hybridized carbons (Fsp3) is 0.385. The van der Waals surface area contributed by atoms with Crippen molar-refractivity contribution in [1.82, 2.24) is 10.1 Å². The van der Waals surface area contributed by atoms with Crippen molar-refractivity contribution in [2.45, 2.75) is 25.7 Å². The average Bonchev–Trinajstić information content (AvgIpc) is 2.93. The largest absolute Gasteiger partial charge is 0.338 e. The van der Waals surface area contributed by atoms with Gasteiger partial charge in [0, 0.05) is 12.1 Å². The summed E-state index contributed by atoms with van der Waals surface area (Å²) in [5.41, 5.74) is 5.16. The van der Waals surface area contributed by atoms with Crippen molar-refractivity contribution in [3.05, 3.63) is 35.5 Å². The lowest BCUT2D eigenvalue weighted by Gasteiger charge is -2.20. The number of nitrogens with two attached hydrogens (primary N) is 1. The Morgan fingerprint density at radius 1 is 1.25 bits per heavy atom. The number of hydrogen-bond donors (Lipinski definition) is 1. The number of aromatic nitrogens is 2. The molecule has 1 atom stereocenters. The highest BCUT2D eigenvalue weighted by atomic mass is 19.2. The summed E-state index contributed by atoms with van der Waals surface area (Å²) in [5, 5.41) is 3.66. The van der Waals surface area contributed by atoms with Gasteiger partial charge in [0.05, 0.1) is 5.41 Å². The molecule has 1 aromatic heterocycles. The topological polar surface area (TPSA) is 64.9 Å². The zero-order valence-electron chi connectivity index (χ0n) is 11.1. The standard InChI is InChI=1S/C13H14F3N3O/c1-3-13(2,6-17)12-18-11(19-20-12)7-4-8(14)10(16)9(15)5-7/h4-5H,3,6,17H2,1-2H3. The highest BCUT2D eigenvalue weighted by molar-refractivity contribution is 5.54. The van der Waals surface area contributed by atoms with E-state index in [-0.39, 0.29) is 23.8 Å². The smallest absolute Gasteiger partial charge is 0.234 e. The first-order chi connectivity index (χ1) is 9.41. The van der Waals surface area contributed by atoms with Crippen LogP contribution in [0.2, 0.25) is 0 Å². The lowest BCUT2D eigenvalue weighted by atomic mass is 9.88. The van der Waals surface area contributed by atoms with Gasteiger partial charge in [-0.05, 0) is 25.5 Å². The van der Waals surface area contributed by atoms with Crippen LogP contribution in [0.1, 0.15) is 26.2 Å². The van der Waals surface area contributed by atoms with Gasteiger partial charge < -0.3 is 10.3 Å². The fourth-order valence-electron chi connectivity index (χ4n) is 1.65. The molecule has 1 heterocycles. The van der Waals surface area contributed by atoms with Crippen molar-refractivity contribution < 1.29 is 17.7 Å². The van der Waals surface area contributed by atoms with Crippen molar-refractivity contribution >= 4 is 0 Å². The van der Waals surface area contributed by atoms with Crippen LogP contribution in [0.25, 0.3) is 11.4 Å². The third-order valence-electron chi connectivity index (χ3n) is 3.42. The molecule has 0 spiro atoms. The zero-order valence-corrected chi connectivity index (χ0v) is 11.1. The van der Waals surface area contributed by atoms with Gasteiger partial charge in [-0.3, -0.25) is 0 Å². The van der Waals surface area contributed by atoms with Crippen molar-refractivity contribution in [3.63, 3.8) is 0 Å². The Kier molecular flexibility index (Phi) is 3.80. The lowest BCUT2D eigenvalue weighted by molar-refractivity contribution is 0.291. The fourth-order valence-corrected chi connectivity index (χ4v) is 1.65. The average molecular weight is 285 g/mol. The molecule has 0 aliphatic carbocycles. The molecule has 0 amide bonds. The van der Waals surface area contributed by atoms with E-state index in [9.17, 15) is 13.2 Å². The molecule has 2 aromatic rings. The van der Waals surface area contributed by atoms with Gasteiger partial charge in [-0.15, -0.1) is 0 Å². The minimum atomic E-state index is -1.53. The first kappa shape index (κ1) is 14.5. The molecule has 7 heteroatoms. The summed E-state index contributed by atoms with van der Waals surface area (Å²) < 4.78 is 44.4. The third-order valence-corrected chi connectivity index (χ3v) is 3.42. The number of halogens is 3. The minimum Gasteiger partial charge on any atom is -0.338 e. The third kappa shape index (κ3) is 2.40. The van der Waals surface area contributed by atoms with Crippen LogP contribution in [0.5, 0.6) is 0 Å². The summed E-state index contributed by atoms with van der Waals surface area (Å²) >= 11 is 0. The lowest BCUT2D eigenvalue weighted by Crippen LogP contribution is -2.31. The Hall–Kier alpha value is -1.89. The molecule has 2 rings (SSSR count). The van der Waals surface area contributed by atoms with Crippen LogP contribution in [-0.2, 0) is 5.41 Å². The summed E-state index contributed by atoms with van der Waals surface area (Å²) in [4.78, 5) is 4.09. The van der Waals surface area contributed by atoms with E-state index in [1.54, 1.807) is 0 Å². The second-order valence-electron chi connectivity index (χ2n) is 4.80. The maximum absolute atomic E-state index is 13.2. The van der Waals surface area contributed by atoms with E-state index in [2.05, 4.69) is 10.1 Å². The number of hydrogen-bond acceptors (Lipinski definition) is 4. The molecular formula is C13H14F3N3O. The molecule has 1 aromatic carbocycles. The van der Waals surface area contributed by atoms with Crippen molar-refractivity contribution in [3.8, 4) is 11.4 Å². The zero-order chi connectivity index (χ0) is 14.9. The predicted octanol–water partition coefficient (Wildman–Crippen LogP) is 2.78. The van der Waals surface area contributed by atoms with Crippen molar-refractivity contribution in [2.75, 3.05) is 6.54 Å². The molecule has 0 saturated heterocycles. The molecule has 108 valence electrons. The van der Waals surface area contributed by atoms with Crippen LogP contribution in [0.15, 0.2) is 16.7 Å². The SMILES string of the molecule is CCC(C)(CN)c1nc(-c2cc(F)c(F)c(F)c2)no1. The summed E-state index contributed by atoms with van der Waals surface area (Å²) in [6, 6.07) is 1.64. The molecule has 0 aliphatic heterocycles. The monoisotopic (exact) mass is 285 g/mol. The van der Waals surface area contributed by atoms with Crippen LogP contribution in [0.3, 0.4) is 0 Å². The first-order valence-corrected chi connectivity index (χ1v) is 6.10. The van der Waals surface area contributed by atoms with Gasteiger partial charge in [0.1, 0.15) is 0 Å². The molecule has 2 N–H and O–H groups in total. The van der Waals surface area contributed by atoms with Crippen molar-refractivity contribution in [2.24, 2.45) is 5.73 Å². The van der Waals surface area contributed by atoms with Gasteiger partial charge in [-0.25, -0.2) is 13.2 Å². The van der Waals surface area contributed by atoms with Crippen molar-refractivity contribution in [1.29, 1.82) is 0 Å². The number of benzene rings is 1. The molecule has 0 aliphatic rings. The molecular weight excluding hydrogens is 271 g/mol. The Morgan fingerprint density at radius 3 is 2.35 bits per heavy atom. The summed E-state index contributed by atoms with van der Waals surface area (Å²) in [5.74, 6) is -3.86. The van der Waals surface area contributed by atoms with Gasteiger partial charge in [-0.2, -0.15) is 4.98 Å². The highest BCUT2D eigenvalue weighted by Gasteiger charge is 2.30. The Morgan fingerprint density at radius 2 is 1.85 bits per heavy atom. The molecule has 0 saturated carbocycles. The van der Waals surface area contributed by atoms with E-state index < -0.39 is 22.9 Å². The maximum Gasteiger partial charge on any atom is 0.234 e. The van der Waals surface area contributed by atoms with Crippen LogP contribution in [0.4, 0.5) is 13.2 Å². The van der Waals surface area contributed by atoms with Gasteiger partial charge in [0.15, 0.2) is 17.5 Å². The highest BCUT2D eigenvalue weighted by Crippen LogP contribution is 2.28. The Balaban J connectivity index is 2.44. The van der Waals surface area contributed by atoms with Gasteiger partial charge in [-0.1, -0.05) is 12.1 Å². The minimum absolute atomic E-state index is 0.00637. The summed E-state index contributed by atoms with van der Waals surface area (Å²) in [6.07, 6.45) is 0.664. The van der Waals surface area contributed by atoms with Crippen LogP contribution in [0, 0.1) is 17.5 Å². The predicted molar refractivity (Wildman–Crippen MR) is 66.3 cm³/mol. The normalized spacial score (nSPS) is 14.3. The van der Waals surface area contributed by atoms with Crippen LogP contribution in [-0.4, -0.2) is 16.7 Å². The molecule has 0 fully saturated rings. The summed E-state index contributed by atoms with van der Waals surface area (Å²) in [6.45, 7) is 4.04. The van der Waals surface area contributed by atoms with E-state index in [0.717, 1.165) is 12.1 Å². The van der Waals surface area contributed by atoms with Gasteiger partial charge >= 0.3 is 0 Å². The first-order valence-electron chi connectivity index (χ1n) is 6.10. The molecule has 0 radical (unpaired) electrons. The van der Waals surface area contributed by atoms with E-state index in [1.807, 2.05) is 13.8 Å². The Labute approximate surface area is 113 Å². The number of nitrogens with zero attached hydrogens (tertiary/aromatic N) is 2. The Bertz CT molecular complexity index is 600. The van der Waals surface area contributed by atoms with Crippen LogP contribution >= 0.6 is 0 Å². The van der Waals surface area contributed by atoms with E-state index >= 15 is 0 Å². The number of rotatable bonds is 4. The van der Waals surface area contributed by atoms with Gasteiger partial charge in [0.2, 0.25) is 11.7 Å². The van der Waals surface area contributed by atoms with E-state index in [1.165, 1.54) is 0 Å². The molecule has 4 nitrogen and oxygen atoms in total. The second-order valence-corrected chi connectivity index (χ2v) is 4.80. The second kappa shape index (κ2) is 5.24. The molecule has 0 bridgehead atoms. The molecule has 20 heavy (non-hydrogen) atoms. The summed E-state index contributed by atoms with van der Waals surface area (Å²) in [7, 11) is 0. The maximum atomic E-state index is 13.2. The van der Waals surface area contributed by atoms with E-state index in [0.29, 0.717) is 6.42 Å². The molecule has 1 unspecified atom stereocenters.